The average Bonchev–Trinajstić information content (AvgIpc) is 2.62. The van der Waals surface area contributed by atoms with Gasteiger partial charge in [-0.25, -0.2) is 0 Å². The molecule has 0 unspecified atom stereocenters. The van der Waals surface area contributed by atoms with Crippen LogP contribution in [0.15, 0.2) is 12.3 Å². The van der Waals surface area contributed by atoms with Crippen LogP contribution >= 0.6 is 0 Å². The lowest BCUT2D eigenvalue weighted by Gasteiger charge is -2.07. The van der Waals surface area contributed by atoms with Crippen LogP contribution < -0.4 is 0 Å². The number of H-pyrrole nitrogens is 1. The molecule has 1 aromatic heterocycles. The Hall–Kier alpha value is -0.760. The maximum Gasteiger partial charge on any atom is 0.0150 e. The number of hydrogen-bond donors (Lipinski definition) is 1. The molecule has 0 bridgehead atoms. The van der Waals surface area contributed by atoms with E-state index in [1.807, 2.05) is 0 Å². The zero-order chi connectivity index (χ0) is 11.1. The predicted molar refractivity (Wildman–Crippen MR) is 66.3 cm³/mol. The Balaban J connectivity index is 2.26. The van der Waals surface area contributed by atoms with E-state index >= 15 is 0 Å². The van der Waals surface area contributed by atoms with Crippen molar-refractivity contribution in [2.24, 2.45) is 0 Å². The first kappa shape index (κ1) is 12.3. The summed E-state index contributed by atoms with van der Waals surface area (Å²) in [5, 5.41) is 0. The van der Waals surface area contributed by atoms with Gasteiger partial charge in [0.05, 0.1) is 0 Å². The molecule has 1 rings (SSSR count). The first-order valence-corrected chi connectivity index (χ1v) is 6.03. The molecule has 0 aliphatic carbocycles. The van der Waals surface area contributed by atoms with Gasteiger partial charge >= 0.3 is 0 Å². The smallest absolute Gasteiger partial charge is 0.0150 e. The van der Waals surface area contributed by atoms with Gasteiger partial charge in [-0.1, -0.05) is 13.3 Å². The Morgan fingerprint density at radius 1 is 1.20 bits per heavy atom. The number of nitrogens with zero attached hydrogens (tertiary/aromatic N) is 1. The highest BCUT2D eigenvalue weighted by molar-refractivity contribution is 5.16. The summed E-state index contributed by atoms with van der Waals surface area (Å²) in [6.45, 7) is 3.41. The normalized spacial score (nSPS) is 11.2. The van der Waals surface area contributed by atoms with Gasteiger partial charge in [-0.2, -0.15) is 0 Å². The second-order valence-electron chi connectivity index (χ2n) is 4.54. The lowest BCUT2D eigenvalue weighted by atomic mass is 10.1. The molecule has 86 valence electrons. The second kappa shape index (κ2) is 6.67. The zero-order valence-corrected chi connectivity index (χ0v) is 10.3. The molecular formula is C13H24N2. The maximum atomic E-state index is 3.37. The second-order valence-corrected chi connectivity index (χ2v) is 4.54. The molecule has 0 atom stereocenters. The first-order chi connectivity index (χ1) is 7.22. The summed E-state index contributed by atoms with van der Waals surface area (Å²) in [6, 6.07) is 2.32. The fourth-order valence-electron chi connectivity index (χ4n) is 1.75. The molecule has 0 fully saturated rings. The Morgan fingerprint density at radius 2 is 2.00 bits per heavy atom. The Bertz CT molecular complexity index is 263. The molecule has 0 aliphatic heterocycles. The summed E-state index contributed by atoms with van der Waals surface area (Å²) in [6.07, 6.45) is 8.38. The van der Waals surface area contributed by atoms with E-state index in [1.165, 1.54) is 49.9 Å². The number of nitrogens with one attached hydrogen (secondary N) is 1. The number of rotatable bonds is 7. The van der Waals surface area contributed by atoms with Crippen molar-refractivity contribution in [2.45, 2.75) is 39.0 Å². The summed E-state index contributed by atoms with van der Waals surface area (Å²) in [5.74, 6) is 0. The van der Waals surface area contributed by atoms with Crippen molar-refractivity contribution in [1.29, 1.82) is 0 Å². The van der Waals surface area contributed by atoms with E-state index in [4.69, 9.17) is 0 Å². The van der Waals surface area contributed by atoms with E-state index in [2.05, 4.69) is 43.2 Å². The largest absolute Gasteiger partial charge is 0.365 e. The predicted octanol–water partition coefficient (Wildman–Crippen LogP) is 2.85. The summed E-state index contributed by atoms with van der Waals surface area (Å²) in [4.78, 5) is 5.61. The van der Waals surface area contributed by atoms with Crippen molar-refractivity contribution in [3.63, 3.8) is 0 Å². The number of aromatic amines is 1. The molecular weight excluding hydrogens is 184 g/mol. The van der Waals surface area contributed by atoms with Crippen LogP contribution in [-0.2, 0) is 12.8 Å². The minimum Gasteiger partial charge on any atom is -0.365 e. The molecule has 0 amide bonds. The molecule has 0 saturated heterocycles. The topological polar surface area (TPSA) is 19.0 Å². The first-order valence-electron chi connectivity index (χ1n) is 6.03. The van der Waals surface area contributed by atoms with Crippen molar-refractivity contribution < 1.29 is 0 Å². The number of unbranched alkanes of at least 4 members (excludes halogenated alkanes) is 1. The van der Waals surface area contributed by atoms with Gasteiger partial charge in [-0.05, 0) is 58.0 Å². The minimum absolute atomic E-state index is 1.17. The third-order valence-electron chi connectivity index (χ3n) is 2.67. The fourth-order valence-corrected chi connectivity index (χ4v) is 1.75. The molecule has 2 nitrogen and oxygen atoms in total. The third-order valence-corrected chi connectivity index (χ3v) is 2.67. The lowest BCUT2D eigenvalue weighted by Crippen LogP contribution is -2.13. The van der Waals surface area contributed by atoms with E-state index in [0.717, 1.165) is 0 Å². The summed E-state index contributed by atoms with van der Waals surface area (Å²) in [5.41, 5.74) is 2.86. The quantitative estimate of drug-likeness (QED) is 0.730. The Labute approximate surface area is 93.7 Å². The van der Waals surface area contributed by atoms with Gasteiger partial charge in [-0.3, -0.25) is 0 Å². The van der Waals surface area contributed by atoms with Gasteiger partial charge in [-0.15, -0.1) is 0 Å². The molecule has 1 N–H and O–H groups in total. The van der Waals surface area contributed by atoms with Crippen LogP contribution in [0.3, 0.4) is 0 Å². The van der Waals surface area contributed by atoms with Crippen molar-refractivity contribution in [3.05, 3.63) is 23.5 Å². The van der Waals surface area contributed by atoms with E-state index < -0.39 is 0 Å². The van der Waals surface area contributed by atoms with Crippen LogP contribution in [0.5, 0.6) is 0 Å². The van der Waals surface area contributed by atoms with Gasteiger partial charge in [0, 0.05) is 11.9 Å². The Kier molecular flexibility index (Phi) is 5.48. The number of aromatic nitrogens is 1. The van der Waals surface area contributed by atoms with Gasteiger partial charge in [0.25, 0.3) is 0 Å². The molecule has 1 aromatic rings. The Morgan fingerprint density at radius 3 is 2.67 bits per heavy atom. The number of aryl methyl sites for hydroxylation is 2. The van der Waals surface area contributed by atoms with Crippen molar-refractivity contribution >= 4 is 0 Å². The highest BCUT2D eigenvalue weighted by Gasteiger charge is 1.99. The highest BCUT2D eigenvalue weighted by atomic mass is 15.0. The zero-order valence-electron chi connectivity index (χ0n) is 10.3. The molecule has 1 heterocycles. The highest BCUT2D eigenvalue weighted by Crippen LogP contribution is 2.09. The fraction of sp³-hybridized carbons (Fsp3) is 0.692. The molecule has 0 saturated carbocycles. The SMILES string of the molecule is CCCCc1c[nH]c(CCCN(C)C)c1. The minimum atomic E-state index is 1.17. The standard InChI is InChI=1S/C13H24N2/c1-4-5-7-12-10-13(14-11-12)8-6-9-15(2)3/h10-11,14H,4-9H2,1-3H3. The van der Waals surface area contributed by atoms with Crippen molar-refractivity contribution in [1.82, 2.24) is 9.88 Å². The third kappa shape index (κ3) is 5.03. The van der Waals surface area contributed by atoms with Crippen LogP contribution in [0.4, 0.5) is 0 Å². The van der Waals surface area contributed by atoms with Crippen molar-refractivity contribution in [2.75, 3.05) is 20.6 Å². The van der Waals surface area contributed by atoms with E-state index in [1.54, 1.807) is 0 Å². The van der Waals surface area contributed by atoms with Crippen LogP contribution in [0.25, 0.3) is 0 Å². The van der Waals surface area contributed by atoms with Crippen LogP contribution in [0.2, 0.25) is 0 Å². The lowest BCUT2D eigenvalue weighted by molar-refractivity contribution is 0.399. The summed E-state index contributed by atoms with van der Waals surface area (Å²) in [7, 11) is 4.25. The molecule has 0 aliphatic rings. The van der Waals surface area contributed by atoms with Crippen LogP contribution in [-0.4, -0.2) is 30.5 Å². The summed E-state index contributed by atoms with van der Waals surface area (Å²) >= 11 is 0. The van der Waals surface area contributed by atoms with E-state index in [9.17, 15) is 0 Å². The number of hydrogen-bond acceptors (Lipinski definition) is 1. The maximum absolute atomic E-state index is 3.37. The summed E-state index contributed by atoms with van der Waals surface area (Å²) < 4.78 is 0. The molecule has 0 aromatic carbocycles. The molecule has 0 radical (unpaired) electrons. The van der Waals surface area contributed by atoms with E-state index in [-0.39, 0.29) is 0 Å². The van der Waals surface area contributed by atoms with Gasteiger partial charge < -0.3 is 9.88 Å². The molecule has 0 spiro atoms. The van der Waals surface area contributed by atoms with Crippen LogP contribution in [0.1, 0.15) is 37.4 Å². The van der Waals surface area contributed by atoms with Gasteiger partial charge in [0.1, 0.15) is 0 Å². The molecule has 15 heavy (non-hydrogen) atoms. The average molecular weight is 208 g/mol. The van der Waals surface area contributed by atoms with Crippen molar-refractivity contribution in [3.8, 4) is 0 Å². The monoisotopic (exact) mass is 208 g/mol. The van der Waals surface area contributed by atoms with Gasteiger partial charge in [0.15, 0.2) is 0 Å². The van der Waals surface area contributed by atoms with Gasteiger partial charge in [0.2, 0.25) is 0 Å². The van der Waals surface area contributed by atoms with E-state index in [0.29, 0.717) is 0 Å². The van der Waals surface area contributed by atoms with Crippen LogP contribution in [0, 0.1) is 0 Å². The molecule has 2 heteroatoms.